The first-order chi connectivity index (χ1) is 15.9. The Balaban J connectivity index is 1.83. The number of thioether (sulfide) groups is 1. The van der Waals surface area contributed by atoms with Gasteiger partial charge < -0.3 is 9.47 Å². The van der Waals surface area contributed by atoms with E-state index in [9.17, 15) is 4.79 Å². The third kappa shape index (κ3) is 5.25. The van der Waals surface area contributed by atoms with Crippen LogP contribution in [0.15, 0.2) is 65.8 Å². The number of carbonyl (C=O) groups excluding carboxylic acids is 1. The molecule has 0 N–H and O–H groups in total. The van der Waals surface area contributed by atoms with Gasteiger partial charge in [-0.25, -0.2) is 4.98 Å². The number of hydrogen-bond acceptors (Lipinski definition) is 5. The topological polar surface area (TPSA) is 63.9 Å². The van der Waals surface area contributed by atoms with Crippen LogP contribution in [0.3, 0.4) is 0 Å². The van der Waals surface area contributed by atoms with Gasteiger partial charge in [0.1, 0.15) is 0 Å². The average molecular weight is 460 g/mol. The minimum Gasteiger partial charge on any atom is -0.348 e. The molecule has 2 aromatic carbocycles. The van der Waals surface area contributed by atoms with Crippen molar-refractivity contribution in [2.45, 2.75) is 32.0 Å². The number of carbonyl (C=O) groups is 1. The molecule has 1 amide bonds. The Hall–Kier alpha value is -3.19. The average Bonchev–Trinajstić information content (AvgIpc) is 3.23. The molecule has 33 heavy (non-hydrogen) atoms. The van der Waals surface area contributed by atoms with Crippen molar-refractivity contribution < 1.29 is 4.79 Å². The quantitative estimate of drug-likeness (QED) is 0.331. The molecule has 0 radical (unpaired) electrons. The van der Waals surface area contributed by atoms with Crippen molar-refractivity contribution in [1.29, 1.82) is 0 Å². The molecule has 0 saturated heterocycles. The fraction of sp³-hybridized carbons (Fsp3) is 0.308. The second-order valence-electron chi connectivity index (χ2n) is 8.66. The maximum absolute atomic E-state index is 12.2. The van der Waals surface area contributed by atoms with Gasteiger partial charge in [-0.3, -0.25) is 4.79 Å². The molecule has 0 unspecified atom stereocenters. The summed E-state index contributed by atoms with van der Waals surface area (Å²) in [4.78, 5) is 18.7. The van der Waals surface area contributed by atoms with Crippen LogP contribution in [0, 0.1) is 5.92 Å². The van der Waals surface area contributed by atoms with E-state index >= 15 is 0 Å². The van der Waals surface area contributed by atoms with Crippen LogP contribution < -0.4 is 0 Å². The van der Waals surface area contributed by atoms with Crippen LogP contribution in [0.5, 0.6) is 0 Å². The third-order valence-electron chi connectivity index (χ3n) is 5.50. The van der Waals surface area contributed by atoms with E-state index in [0.717, 1.165) is 51.7 Å². The lowest BCUT2D eigenvalue weighted by Crippen LogP contribution is -2.23. The van der Waals surface area contributed by atoms with Crippen LogP contribution in [-0.2, 0) is 11.3 Å². The van der Waals surface area contributed by atoms with Crippen LogP contribution in [0.2, 0.25) is 0 Å². The lowest BCUT2D eigenvalue weighted by Gasteiger charge is -2.14. The third-order valence-corrected chi connectivity index (χ3v) is 6.45. The predicted molar refractivity (Wildman–Crippen MR) is 135 cm³/mol. The zero-order chi connectivity index (χ0) is 23.4. The molecule has 170 valence electrons. The van der Waals surface area contributed by atoms with Crippen molar-refractivity contribution in [3.63, 3.8) is 0 Å². The number of nitrogens with zero attached hydrogens (tertiary/aromatic N) is 5. The normalized spacial score (nSPS) is 11.3. The summed E-state index contributed by atoms with van der Waals surface area (Å²) >= 11 is 1.44. The van der Waals surface area contributed by atoms with Crippen molar-refractivity contribution in [3.8, 4) is 22.6 Å². The fourth-order valence-corrected chi connectivity index (χ4v) is 4.50. The van der Waals surface area contributed by atoms with Crippen molar-refractivity contribution >= 4 is 28.6 Å². The van der Waals surface area contributed by atoms with Crippen LogP contribution in [0.25, 0.3) is 33.5 Å². The molecule has 4 aromatic rings. The van der Waals surface area contributed by atoms with Crippen molar-refractivity contribution in [2.24, 2.45) is 5.92 Å². The molecule has 2 heterocycles. The number of benzene rings is 2. The number of aromatic nitrogens is 4. The Bertz CT molecular complexity index is 1250. The smallest absolute Gasteiger partial charge is 0.232 e. The van der Waals surface area contributed by atoms with E-state index in [1.807, 2.05) is 36.4 Å². The van der Waals surface area contributed by atoms with Crippen LogP contribution >= 0.6 is 11.8 Å². The Kier molecular flexibility index (Phi) is 7.08. The summed E-state index contributed by atoms with van der Waals surface area (Å²) in [6.07, 6.45) is 0.995. The van der Waals surface area contributed by atoms with Gasteiger partial charge in [-0.2, -0.15) is 0 Å². The summed E-state index contributed by atoms with van der Waals surface area (Å²) < 4.78 is 2.16. The lowest BCUT2D eigenvalue weighted by molar-refractivity contribution is -0.125. The van der Waals surface area contributed by atoms with Gasteiger partial charge in [0.2, 0.25) is 5.91 Å². The molecule has 0 spiro atoms. The highest BCUT2D eigenvalue weighted by Gasteiger charge is 2.19. The molecule has 4 rings (SSSR count). The molecule has 0 aliphatic heterocycles. The van der Waals surface area contributed by atoms with Crippen LogP contribution in [-0.4, -0.2) is 50.4 Å². The second-order valence-corrected chi connectivity index (χ2v) is 9.60. The van der Waals surface area contributed by atoms with Gasteiger partial charge >= 0.3 is 0 Å². The molecule has 6 nitrogen and oxygen atoms in total. The number of rotatable bonds is 8. The van der Waals surface area contributed by atoms with E-state index < -0.39 is 0 Å². The summed E-state index contributed by atoms with van der Waals surface area (Å²) in [5.41, 5.74) is 3.88. The van der Waals surface area contributed by atoms with E-state index in [2.05, 4.69) is 52.9 Å². The highest BCUT2D eigenvalue weighted by Crippen LogP contribution is 2.33. The largest absolute Gasteiger partial charge is 0.348 e. The second kappa shape index (κ2) is 10.2. The Labute approximate surface area is 199 Å². The summed E-state index contributed by atoms with van der Waals surface area (Å²) in [6, 6.07) is 20.4. The zero-order valence-corrected chi connectivity index (χ0v) is 20.3. The van der Waals surface area contributed by atoms with Crippen molar-refractivity contribution in [1.82, 2.24) is 24.6 Å². The van der Waals surface area contributed by atoms with Gasteiger partial charge in [0.15, 0.2) is 11.0 Å². The van der Waals surface area contributed by atoms with Gasteiger partial charge in [-0.1, -0.05) is 74.1 Å². The molecule has 0 fully saturated rings. The molecule has 7 heteroatoms. The molecular formula is C26H29N5OS. The molecule has 0 saturated carbocycles. The zero-order valence-electron chi connectivity index (χ0n) is 19.5. The minimum atomic E-state index is 0.0562. The van der Waals surface area contributed by atoms with Gasteiger partial charge in [0, 0.05) is 37.2 Å². The van der Waals surface area contributed by atoms with Gasteiger partial charge in [0.05, 0.1) is 17.0 Å². The maximum atomic E-state index is 12.2. The monoisotopic (exact) mass is 459 g/mol. The molecule has 0 atom stereocenters. The van der Waals surface area contributed by atoms with Crippen molar-refractivity contribution in [3.05, 3.63) is 60.7 Å². The van der Waals surface area contributed by atoms with Gasteiger partial charge in [0.25, 0.3) is 0 Å². The molecule has 2 aromatic heterocycles. The number of para-hydroxylation sites is 1. The SMILES string of the molecule is CC(C)CCn1c(SCC(=O)N(C)C)nnc1-c1cc(-c2ccccc2)nc2ccccc12. The minimum absolute atomic E-state index is 0.0562. The number of hydrogen-bond donors (Lipinski definition) is 0. The molecule has 0 aliphatic carbocycles. The Morgan fingerprint density at radius 3 is 2.48 bits per heavy atom. The lowest BCUT2D eigenvalue weighted by atomic mass is 10.0. The highest BCUT2D eigenvalue weighted by atomic mass is 32.2. The maximum Gasteiger partial charge on any atom is 0.232 e. The van der Waals surface area contributed by atoms with Crippen molar-refractivity contribution in [2.75, 3.05) is 19.8 Å². The van der Waals surface area contributed by atoms with E-state index in [1.165, 1.54) is 11.8 Å². The summed E-state index contributed by atoms with van der Waals surface area (Å²) in [5, 5.41) is 10.9. The first kappa shape index (κ1) is 23.0. The van der Waals surface area contributed by atoms with E-state index in [1.54, 1.807) is 19.0 Å². The summed E-state index contributed by atoms with van der Waals surface area (Å²) in [7, 11) is 3.54. The molecule has 0 bridgehead atoms. The van der Waals surface area contributed by atoms with E-state index in [4.69, 9.17) is 4.98 Å². The summed E-state index contributed by atoms with van der Waals surface area (Å²) in [6.45, 7) is 5.21. The van der Waals surface area contributed by atoms with Gasteiger partial charge in [-0.05, 0) is 24.5 Å². The Morgan fingerprint density at radius 1 is 1.03 bits per heavy atom. The summed E-state index contributed by atoms with van der Waals surface area (Å²) in [5.74, 6) is 1.74. The van der Waals surface area contributed by atoms with E-state index in [-0.39, 0.29) is 5.91 Å². The number of amides is 1. The first-order valence-corrected chi connectivity index (χ1v) is 12.1. The number of pyridine rings is 1. The predicted octanol–water partition coefficient (Wildman–Crippen LogP) is 5.39. The number of fused-ring (bicyclic) bond motifs is 1. The molecule has 0 aliphatic rings. The first-order valence-electron chi connectivity index (χ1n) is 11.2. The standard InChI is InChI=1S/C26H29N5OS/c1-18(2)14-15-31-25(28-29-26(31)33-17-24(32)30(3)4)21-16-23(19-10-6-5-7-11-19)27-22-13-9-8-12-20(21)22/h5-13,16,18H,14-15,17H2,1-4H3. The van der Waals surface area contributed by atoms with Crippen LogP contribution in [0.1, 0.15) is 20.3 Å². The van der Waals surface area contributed by atoms with Gasteiger partial charge in [-0.15, -0.1) is 10.2 Å². The highest BCUT2D eigenvalue weighted by molar-refractivity contribution is 7.99. The van der Waals surface area contributed by atoms with Crippen LogP contribution in [0.4, 0.5) is 0 Å². The van der Waals surface area contributed by atoms with E-state index in [0.29, 0.717) is 11.7 Å². The molecular weight excluding hydrogens is 430 g/mol. The fourth-order valence-electron chi connectivity index (χ4n) is 3.56. The Morgan fingerprint density at radius 2 is 1.76 bits per heavy atom.